The van der Waals surface area contributed by atoms with Gasteiger partial charge in [0.15, 0.2) is 5.17 Å². The van der Waals surface area contributed by atoms with Gasteiger partial charge in [0, 0.05) is 17.8 Å². The molecule has 3 aliphatic rings. The third-order valence-electron chi connectivity index (χ3n) is 4.96. The molecule has 2 saturated heterocycles. The summed E-state index contributed by atoms with van der Waals surface area (Å²) in [4.78, 5) is 7.33. The molecule has 0 aromatic rings. The van der Waals surface area contributed by atoms with Gasteiger partial charge in [0.2, 0.25) is 0 Å². The molecular formula is C15H27N3S. The van der Waals surface area contributed by atoms with Crippen molar-refractivity contribution in [3.63, 3.8) is 0 Å². The normalized spacial score (nSPS) is 38.2. The highest BCUT2D eigenvalue weighted by molar-refractivity contribution is 8.14. The molecule has 0 unspecified atom stereocenters. The van der Waals surface area contributed by atoms with Crippen LogP contribution < -0.4 is 5.32 Å². The molecular weight excluding hydrogens is 254 g/mol. The molecule has 3 rings (SSSR count). The van der Waals surface area contributed by atoms with E-state index in [0.717, 1.165) is 19.0 Å². The zero-order chi connectivity index (χ0) is 13.1. The first-order valence-electron chi connectivity index (χ1n) is 7.94. The van der Waals surface area contributed by atoms with E-state index < -0.39 is 0 Å². The highest BCUT2D eigenvalue weighted by Gasteiger charge is 2.39. The highest BCUT2D eigenvalue weighted by Crippen LogP contribution is 2.38. The third kappa shape index (κ3) is 3.46. The lowest BCUT2D eigenvalue weighted by atomic mass is 9.78. The van der Waals surface area contributed by atoms with Crippen molar-refractivity contribution < 1.29 is 0 Å². The van der Waals surface area contributed by atoms with Crippen molar-refractivity contribution in [3.05, 3.63) is 0 Å². The topological polar surface area (TPSA) is 27.6 Å². The van der Waals surface area contributed by atoms with Crippen LogP contribution in [-0.2, 0) is 0 Å². The van der Waals surface area contributed by atoms with E-state index in [1.807, 2.05) is 11.8 Å². The van der Waals surface area contributed by atoms with Crippen molar-refractivity contribution in [2.45, 2.75) is 51.0 Å². The SMILES string of the molecule is CC1CCC2(CC1)CSC(=NCCN1CCCC1)N2. The number of nitrogens with one attached hydrogen (secondary N) is 1. The van der Waals surface area contributed by atoms with E-state index >= 15 is 0 Å². The summed E-state index contributed by atoms with van der Waals surface area (Å²) in [5, 5.41) is 4.96. The molecule has 1 spiro atoms. The molecule has 1 N–H and O–H groups in total. The predicted molar refractivity (Wildman–Crippen MR) is 83.9 cm³/mol. The Bertz CT molecular complexity index is 328. The number of thioether (sulfide) groups is 1. The molecule has 0 amide bonds. The molecule has 4 heteroatoms. The first-order chi connectivity index (χ1) is 9.26. The lowest BCUT2D eigenvalue weighted by Crippen LogP contribution is -2.46. The first-order valence-corrected chi connectivity index (χ1v) is 8.92. The van der Waals surface area contributed by atoms with E-state index in [4.69, 9.17) is 4.99 Å². The Labute approximate surface area is 121 Å². The van der Waals surface area contributed by atoms with Gasteiger partial charge in [-0.2, -0.15) is 0 Å². The molecule has 0 bridgehead atoms. The minimum Gasteiger partial charge on any atom is -0.359 e. The average Bonchev–Trinajstić information content (AvgIpc) is 3.05. The maximum Gasteiger partial charge on any atom is 0.157 e. The fourth-order valence-corrected chi connectivity index (χ4v) is 4.72. The molecule has 1 aliphatic carbocycles. The van der Waals surface area contributed by atoms with Crippen molar-refractivity contribution in [1.82, 2.24) is 10.2 Å². The summed E-state index contributed by atoms with van der Waals surface area (Å²) < 4.78 is 0. The number of rotatable bonds is 3. The molecule has 0 radical (unpaired) electrons. The van der Waals surface area contributed by atoms with E-state index in [-0.39, 0.29) is 0 Å². The summed E-state index contributed by atoms with van der Waals surface area (Å²) in [5.74, 6) is 2.16. The van der Waals surface area contributed by atoms with E-state index in [0.29, 0.717) is 5.54 Å². The van der Waals surface area contributed by atoms with Gasteiger partial charge < -0.3 is 10.2 Å². The Balaban J connectivity index is 1.45. The average molecular weight is 281 g/mol. The molecule has 19 heavy (non-hydrogen) atoms. The van der Waals surface area contributed by atoms with Crippen LogP contribution in [0.4, 0.5) is 0 Å². The molecule has 0 aromatic heterocycles. The van der Waals surface area contributed by atoms with Crippen LogP contribution in [-0.4, -0.2) is 47.5 Å². The van der Waals surface area contributed by atoms with Crippen molar-refractivity contribution in [2.24, 2.45) is 10.9 Å². The van der Waals surface area contributed by atoms with E-state index in [1.165, 1.54) is 62.5 Å². The number of likely N-dealkylation sites (tertiary alicyclic amines) is 1. The second-order valence-electron chi connectivity index (χ2n) is 6.61. The lowest BCUT2D eigenvalue weighted by molar-refractivity contribution is 0.250. The predicted octanol–water partition coefficient (Wildman–Crippen LogP) is 2.72. The van der Waals surface area contributed by atoms with E-state index in [2.05, 4.69) is 17.1 Å². The molecule has 3 fully saturated rings. The van der Waals surface area contributed by atoms with Crippen LogP contribution >= 0.6 is 11.8 Å². The second-order valence-corrected chi connectivity index (χ2v) is 7.58. The standard InChI is InChI=1S/C15H27N3S/c1-13-4-6-15(7-5-13)12-19-14(17-15)16-8-11-18-9-2-3-10-18/h13H,2-12H2,1H3,(H,16,17). The van der Waals surface area contributed by atoms with Gasteiger partial charge in [-0.1, -0.05) is 18.7 Å². The Morgan fingerprint density at radius 1 is 1.32 bits per heavy atom. The second kappa shape index (κ2) is 6.04. The number of aliphatic imine (C=N–C) groups is 1. The molecule has 3 nitrogen and oxygen atoms in total. The fraction of sp³-hybridized carbons (Fsp3) is 0.933. The first kappa shape index (κ1) is 13.7. The Hall–Kier alpha value is -0.220. The quantitative estimate of drug-likeness (QED) is 0.862. The summed E-state index contributed by atoms with van der Waals surface area (Å²) in [7, 11) is 0. The molecule has 0 atom stereocenters. The summed E-state index contributed by atoms with van der Waals surface area (Å²) >= 11 is 1.95. The van der Waals surface area contributed by atoms with E-state index in [1.54, 1.807) is 0 Å². The van der Waals surface area contributed by atoms with Crippen LogP contribution in [0.25, 0.3) is 0 Å². The van der Waals surface area contributed by atoms with Gasteiger partial charge in [0.25, 0.3) is 0 Å². The lowest BCUT2D eigenvalue weighted by Gasteiger charge is -2.35. The van der Waals surface area contributed by atoms with Crippen molar-refractivity contribution in [1.29, 1.82) is 0 Å². The fourth-order valence-electron chi connectivity index (χ4n) is 3.47. The minimum atomic E-state index is 0.393. The number of amidine groups is 1. The van der Waals surface area contributed by atoms with Crippen LogP contribution in [0.2, 0.25) is 0 Å². The molecule has 2 heterocycles. The molecule has 2 aliphatic heterocycles. The van der Waals surface area contributed by atoms with Gasteiger partial charge in [0.05, 0.1) is 6.54 Å². The smallest absolute Gasteiger partial charge is 0.157 e. The Kier molecular flexibility index (Phi) is 4.37. The summed E-state index contributed by atoms with van der Waals surface area (Å²) in [5.41, 5.74) is 0.393. The maximum atomic E-state index is 4.78. The van der Waals surface area contributed by atoms with Crippen molar-refractivity contribution in [2.75, 3.05) is 31.9 Å². The Morgan fingerprint density at radius 2 is 2.05 bits per heavy atom. The summed E-state index contributed by atoms with van der Waals surface area (Å²) in [6.45, 7) is 7.08. The van der Waals surface area contributed by atoms with Crippen LogP contribution in [0.5, 0.6) is 0 Å². The van der Waals surface area contributed by atoms with Crippen LogP contribution in [0.15, 0.2) is 4.99 Å². The van der Waals surface area contributed by atoms with Crippen molar-refractivity contribution >= 4 is 16.9 Å². The zero-order valence-electron chi connectivity index (χ0n) is 12.2. The number of nitrogens with zero attached hydrogens (tertiary/aromatic N) is 2. The van der Waals surface area contributed by atoms with Gasteiger partial charge in [-0.15, -0.1) is 0 Å². The maximum absolute atomic E-state index is 4.78. The van der Waals surface area contributed by atoms with Crippen LogP contribution in [0, 0.1) is 5.92 Å². The van der Waals surface area contributed by atoms with Gasteiger partial charge in [-0.05, 0) is 57.5 Å². The molecule has 1 saturated carbocycles. The summed E-state index contributed by atoms with van der Waals surface area (Å²) in [6, 6.07) is 0. The van der Waals surface area contributed by atoms with E-state index in [9.17, 15) is 0 Å². The monoisotopic (exact) mass is 281 g/mol. The minimum absolute atomic E-state index is 0.393. The third-order valence-corrected chi connectivity index (χ3v) is 6.16. The molecule has 0 aromatic carbocycles. The molecule has 108 valence electrons. The zero-order valence-corrected chi connectivity index (χ0v) is 13.0. The number of hydrogen-bond donors (Lipinski definition) is 1. The van der Waals surface area contributed by atoms with Gasteiger partial charge >= 0.3 is 0 Å². The highest BCUT2D eigenvalue weighted by atomic mass is 32.2. The van der Waals surface area contributed by atoms with Crippen LogP contribution in [0.3, 0.4) is 0 Å². The van der Waals surface area contributed by atoms with Crippen LogP contribution in [0.1, 0.15) is 45.4 Å². The number of hydrogen-bond acceptors (Lipinski definition) is 3. The van der Waals surface area contributed by atoms with Gasteiger partial charge in [-0.25, -0.2) is 0 Å². The largest absolute Gasteiger partial charge is 0.359 e. The van der Waals surface area contributed by atoms with Crippen molar-refractivity contribution in [3.8, 4) is 0 Å². The summed E-state index contributed by atoms with van der Waals surface area (Å²) in [6.07, 6.45) is 8.21. The van der Waals surface area contributed by atoms with Gasteiger partial charge in [0.1, 0.15) is 0 Å². The Morgan fingerprint density at radius 3 is 2.79 bits per heavy atom. The van der Waals surface area contributed by atoms with Gasteiger partial charge in [-0.3, -0.25) is 4.99 Å².